The fourth-order valence-electron chi connectivity index (χ4n) is 2.04. The summed E-state index contributed by atoms with van der Waals surface area (Å²) >= 11 is 0. The number of aliphatic carboxylic acids is 1. The molecule has 2 amide bonds. The zero-order chi connectivity index (χ0) is 13.6. The number of rotatable bonds is 7. The van der Waals surface area contributed by atoms with Crippen molar-refractivity contribution < 1.29 is 14.7 Å². The van der Waals surface area contributed by atoms with Crippen molar-refractivity contribution in [2.45, 2.75) is 38.1 Å². The Morgan fingerprint density at radius 2 is 2.06 bits per heavy atom. The zero-order valence-corrected chi connectivity index (χ0v) is 11.2. The van der Waals surface area contributed by atoms with E-state index in [9.17, 15) is 9.59 Å². The van der Waals surface area contributed by atoms with Gasteiger partial charge in [0.15, 0.2) is 0 Å². The SMILES string of the molecule is CCN(C)CCNC(=O)NC1(CC(=O)O)CCC1. The van der Waals surface area contributed by atoms with Crippen molar-refractivity contribution in [3.8, 4) is 0 Å². The van der Waals surface area contributed by atoms with Crippen LogP contribution in [0, 0.1) is 0 Å². The number of nitrogens with one attached hydrogen (secondary N) is 2. The number of carboxylic acids is 1. The van der Waals surface area contributed by atoms with Gasteiger partial charge in [0.2, 0.25) is 0 Å². The molecule has 0 bridgehead atoms. The molecule has 1 rings (SSSR count). The van der Waals surface area contributed by atoms with Crippen LogP contribution >= 0.6 is 0 Å². The number of carbonyl (C=O) groups is 2. The number of carbonyl (C=O) groups excluding carboxylic acids is 1. The number of urea groups is 1. The van der Waals surface area contributed by atoms with E-state index in [0.717, 1.165) is 32.4 Å². The highest BCUT2D eigenvalue weighted by Gasteiger charge is 2.40. The van der Waals surface area contributed by atoms with Gasteiger partial charge in [0.1, 0.15) is 0 Å². The van der Waals surface area contributed by atoms with E-state index in [-0.39, 0.29) is 12.5 Å². The largest absolute Gasteiger partial charge is 0.481 e. The third-order valence-electron chi connectivity index (χ3n) is 3.50. The molecule has 6 nitrogen and oxygen atoms in total. The molecule has 1 aliphatic carbocycles. The lowest BCUT2D eigenvalue weighted by molar-refractivity contribution is -0.139. The molecule has 1 aliphatic rings. The van der Waals surface area contributed by atoms with Gasteiger partial charge in [-0.2, -0.15) is 0 Å². The Kier molecular flexibility index (Phi) is 5.40. The summed E-state index contributed by atoms with van der Waals surface area (Å²) < 4.78 is 0. The Morgan fingerprint density at radius 1 is 1.39 bits per heavy atom. The highest BCUT2D eigenvalue weighted by Crippen LogP contribution is 2.34. The molecule has 0 aliphatic heterocycles. The third-order valence-corrected chi connectivity index (χ3v) is 3.50. The fourth-order valence-corrected chi connectivity index (χ4v) is 2.04. The fraction of sp³-hybridized carbons (Fsp3) is 0.833. The highest BCUT2D eigenvalue weighted by molar-refractivity contribution is 5.77. The van der Waals surface area contributed by atoms with E-state index in [1.54, 1.807) is 0 Å². The third kappa shape index (κ3) is 4.52. The first-order chi connectivity index (χ1) is 8.47. The first-order valence-corrected chi connectivity index (χ1v) is 6.44. The van der Waals surface area contributed by atoms with Crippen LogP contribution in [0.2, 0.25) is 0 Å². The molecule has 1 fully saturated rings. The normalized spacial score (nSPS) is 17.1. The molecular weight excluding hydrogens is 234 g/mol. The number of hydrogen-bond donors (Lipinski definition) is 3. The van der Waals surface area contributed by atoms with E-state index in [0.29, 0.717) is 6.54 Å². The molecule has 1 saturated carbocycles. The van der Waals surface area contributed by atoms with Crippen LogP contribution in [0.1, 0.15) is 32.6 Å². The summed E-state index contributed by atoms with van der Waals surface area (Å²) in [5.74, 6) is -0.860. The van der Waals surface area contributed by atoms with Gasteiger partial charge in [-0.25, -0.2) is 4.79 Å². The topological polar surface area (TPSA) is 81.7 Å². The van der Waals surface area contributed by atoms with Crippen molar-refractivity contribution in [1.82, 2.24) is 15.5 Å². The molecule has 0 aromatic rings. The molecule has 0 aromatic carbocycles. The molecule has 18 heavy (non-hydrogen) atoms. The van der Waals surface area contributed by atoms with Crippen LogP contribution in [0.4, 0.5) is 4.79 Å². The zero-order valence-electron chi connectivity index (χ0n) is 11.2. The lowest BCUT2D eigenvalue weighted by Gasteiger charge is -2.41. The van der Waals surface area contributed by atoms with Crippen LogP contribution in [0.3, 0.4) is 0 Å². The van der Waals surface area contributed by atoms with Gasteiger partial charge in [0, 0.05) is 13.1 Å². The predicted octanol–water partition coefficient (Wildman–Crippen LogP) is 0.635. The van der Waals surface area contributed by atoms with Crippen molar-refractivity contribution in [2.75, 3.05) is 26.7 Å². The maximum Gasteiger partial charge on any atom is 0.315 e. The van der Waals surface area contributed by atoms with E-state index in [2.05, 4.69) is 22.5 Å². The Bertz CT molecular complexity index is 303. The number of amides is 2. The Hall–Kier alpha value is -1.30. The molecule has 0 saturated heterocycles. The average molecular weight is 257 g/mol. The average Bonchev–Trinajstić information content (AvgIpc) is 2.25. The second-order valence-corrected chi connectivity index (χ2v) is 4.98. The van der Waals surface area contributed by atoms with Crippen molar-refractivity contribution in [3.63, 3.8) is 0 Å². The summed E-state index contributed by atoms with van der Waals surface area (Å²) in [5, 5.41) is 14.4. The maximum atomic E-state index is 11.7. The van der Waals surface area contributed by atoms with Crippen LogP contribution in [0.15, 0.2) is 0 Å². The van der Waals surface area contributed by atoms with Crippen molar-refractivity contribution in [3.05, 3.63) is 0 Å². The summed E-state index contributed by atoms with van der Waals surface area (Å²) in [6.07, 6.45) is 2.49. The first kappa shape index (κ1) is 14.8. The van der Waals surface area contributed by atoms with E-state index in [1.807, 2.05) is 7.05 Å². The molecule has 0 atom stereocenters. The van der Waals surface area contributed by atoms with Crippen molar-refractivity contribution in [1.29, 1.82) is 0 Å². The van der Waals surface area contributed by atoms with E-state index < -0.39 is 11.5 Å². The van der Waals surface area contributed by atoms with Crippen LogP contribution in [0.25, 0.3) is 0 Å². The Balaban J connectivity index is 2.28. The van der Waals surface area contributed by atoms with E-state index in [4.69, 9.17) is 5.11 Å². The summed E-state index contributed by atoms with van der Waals surface area (Å²) in [7, 11) is 1.98. The van der Waals surface area contributed by atoms with Crippen LogP contribution in [-0.4, -0.2) is 54.2 Å². The number of hydrogen-bond acceptors (Lipinski definition) is 3. The number of carboxylic acid groups (broad SMARTS) is 1. The quantitative estimate of drug-likeness (QED) is 0.625. The molecule has 104 valence electrons. The van der Waals surface area contributed by atoms with Gasteiger partial charge in [-0.05, 0) is 32.9 Å². The van der Waals surface area contributed by atoms with Crippen molar-refractivity contribution in [2.24, 2.45) is 0 Å². The molecular formula is C12H23N3O3. The van der Waals surface area contributed by atoms with Gasteiger partial charge >= 0.3 is 12.0 Å². The van der Waals surface area contributed by atoms with Gasteiger partial charge in [0.25, 0.3) is 0 Å². The summed E-state index contributed by atoms with van der Waals surface area (Å²) in [5.41, 5.74) is -0.521. The minimum absolute atomic E-state index is 0.00921. The molecule has 0 unspecified atom stereocenters. The van der Waals surface area contributed by atoms with Gasteiger partial charge in [-0.1, -0.05) is 6.92 Å². The van der Waals surface area contributed by atoms with Gasteiger partial charge < -0.3 is 20.6 Å². The van der Waals surface area contributed by atoms with Gasteiger partial charge in [-0.15, -0.1) is 0 Å². The molecule has 0 aromatic heterocycles. The maximum absolute atomic E-state index is 11.7. The van der Waals surface area contributed by atoms with Gasteiger partial charge in [0.05, 0.1) is 12.0 Å². The molecule has 0 spiro atoms. The Labute approximate surface area is 108 Å². The van der Waals surface area contributed by atoms with Crippen LogP contribution in [-0.2, 0) is 4.79 Å². The second-order valence-electron chi connectivity index (χ2n) is 4.98. The molecule has 3 N–H and O–H groups in total. The Morgan fingerprint density at radius 3 is 2.50 bits per heavy atom. The smallest absolute Gasteiger partial charge is 0.315 e. The minimum atomic E-state index is -0.860. The van der Waals surface area contributed by atoms with E-state index in [1.165, 1.54) is 0 Å². The summed E-state index contributed by atoms with van der Waals surface area (Å²) in [6.45, 7) is 4.34. The van der Waals surface area contributed by atoms with E-state index >= 15 is 0 Å². The highest BCUT2D eigenvalue weighted by atomic mass is 16.4. The monoisotopic (exact) mass is 257 g/mol. The predicted molar refractivity (Wildman–Crippen MR) is 68.5 cm³/mol. The summed E-state index contributed by atoms with van der Waals surface area (Å²) in [6, 6.07) is -0.263. The van der Waals surface area contributed by atoms with Gasteiger partial charge in [-0.3, -0.25) is 4.79 Å². The van der Waals surface area contributed by atoms with Crippen LogP contribution < -0.4 is 10.6 Å². The number of likely N-dealkylation sites (N-methyl/N-ethyl adjacent to an activating group) is 1. The standard InChI is InChI=1S/C12H23N3O3/c1-3-15(2)8-7-13-11(18)14-12(5-4-6-12)9-10(16)17/h3-9H2,1-2H3,(H,16,17)(H2,13,14,18). The lowest BCUT2D eigenvalue weighted by Crippen LogP contribution is -2.57. The number of nitrogens with zero attached hydrogens (tertiary/aromatic N) is 1. The van der Waals surface area contributed by atoms with Crippen molar-refractivity contribution >= 4 is 12.0 Å². The molecule has 0 heterocycles. The lowest BCUT2D eigenvalue weighted by atomic mass is 9.74. The molecule has 0 radical (unpaired) electrons. The summed E-state index contributed by atoms with van der Waals surface area (Å²) in [4.78, 5) is 24.5. The minimum Gasteiger partial charge on any atom is -0.481 e. The first-order valence-electron chi connectivity index (χ1n) is 6.44. The second kappa shape index (κ2) is 6.58. The van der Waals surface area contributed by atoms with Crippen LogP contribution in [0.5, 0.6) is 0 Å². The molecule has 6 heteroatoms.